The third kappa shape index (κ3) is 5.13. The third-order valence-corrected chi connectivity index (χ3v) is 5.46. The van der Waals surface area contributed by atoms with E-state index in [1.54, 1.807) is 0 Å². The molecule has 0 aliphatic rings. The molecule has 0 unspecified atom stereocenters. The number of alkyl halides is 6. The molecule has 3 aromatic rings. The predicted octanol–water partition coefficient (Wildman–Crippen LogP) is 5.73. The highest BCUT2D eigenvalue weighted by molar-refractivity contribution is 7.92. The lowest BCUT2D eigenvalue weighted by molar-refractivity contribution is -0.142. The second kappa shape index (κ2) is 7.84. The molecule has 164 valence electrons. The lowest BCUT2D eigenvalue weighted by Gasteiger charge is -2.16. The number of hydrogen-bond donors (Lipinski definition) is 1. The normalized spacial score (nSPS) is 12.6. The number of sulfonamides is 1. The SMILES string of the molecule is O=S(=O)(Nc1ccc(-c2ccc(C(F)(F)F)cc2C(F)(F)F)cn1)c1ccc(F)cc1. The molecule has 1 aromatic heterocycles. The first-order valence-electron chi connectivity index (χ1n) is 8.31. The Bertz CT molecular complexity index is 1190. The van der Waals surface area contributed by atoms with Gasteiger partial charge in [-0.25, -0.2) is 17.8 Å². The molecule has 0 radical (unpaired) electrons. The van der Waals surface area contributed by atoms with Gasteiger partial charge in [-0.15, -0.1) is 0 Å². The van der Waals surface area contributed by atoms with E-state index in [1.807, 2.05) is 0 Å². The molecule has 0 atom stereocenters. The van der Waals surface area contributed by atoms with Gasteiger partial charge >= 0.3 is 12.4 Å². The van der Waals surface area contributed by atoms with Crippen LogP contribution in [0.25, 0.3) is 11.1 Å². The highest BCUT2D eigenvalue weighted by Gasteiger charge is 2.38. The zero-order valence-electron chi connectivity index (χ0n) is 15.1. The average Bonchev–Trinajstić information content (AvgIpc) is 2.67. The number of rotatable bonds is 4. The summed E-state index contributed by atoms with van der Waals surface area (Å²) in [5.41, 5.74) is -3.70. The van der Waals surface area contributed by atoms with Crippen molar-refractivity contribution in [3.8, 4) is 11.1 Å². The van der Waals surface area contributed by atoms with Crippen molar-refractivity contribution < 1.29 is 39.2 Å². The molecule has 0 aliphatic heterocycles. The van der Waals surface area contributed by atoms with Crippen molar-refractivity contribution in [2.75, 3.05) is 4.72 Å². The fourth-order valence-electron chi connectivity index (χ4n) is 2.63. The average molecular weight is 464 g/mol. The van der Waals surface area contributed by atoms with Crippen LogP contribution in [-0.4, -0.2) is 13.4 Å². The van der Waals surface area contributed by atoms with Gasteiger partial charge < -0.3 is 0 Å². The van der Waals surface area contributed by atoms with Crippen LogP contribution in [0.3, 0.4) is 0 Å². The quantitative estimate of drug-likeness (QED) is 0.502. The van der Waals surface area contributed by atoms with Crippen LogP contribution in [0, 0.1) is 5.82 Å². The molecule has 2 aromatic carbocycles. The monoisotopic (exact) mass is 464 g/mol. The number of aromatic nitrogens is 1. The molecule has 0 aliphatic carbocycles. The Morgan fingerprint density at radius 1 is 0.806 bits per heavy atom. The largest absolute Gasteiger partial charge is 0.417 e. The van der Waals surface area contributed by atoms with Crippen LogP contribution >= 0.6 is 0 Å². The zero-order chi connectivity index (χ0) is 23.0. The summed E-state index contributed by atoms with van der Waals surface area (Å²) in [5, 5.41) is 0. The topological polar surface area (TPSA) is 59.1 Å². The first-order valence-corrected chi connectivity index (χ1v) is 9.79. The standard InChI is InChI=1S/C19H11F7N2O2S/c20-13-3-5-14(6-4-13)31(29,30)28-17-8-1-11(10-27-17)15-7-2-12(18(21,22)23)9-16(15)19(24,25)26/h1-10H,(H,27,28). The summed E-state index contributed by atoms with van der Waals surface area (Å²) in [6.07, 6.45) is -9.14. The van der Waals surface area contributed by atoms with Crippen LogP contribution < -0.4 is 4.72 Å². The maximum absolute atomic E-state index is 13.3. The van der Waals surface area contributed by atoms with Crippen LogP contribution in [0.15, 0.2) is 65.7 Å². The van der Waals surface area contributed by atoms with E-state index < -0.39 is 44.9 Å². The van der Waals surface area contributed by atoms with Crippen LogP contribution in [0.1, 0.15) is 11.1 Å². The van der Waals surface area contributed by atoms with Crippen LogP contribution in [0.5, 0.6) is 0 Å². The second-order valence-corrected chi connectivity index (χ2v) is 7.93. The van der Waals surface area contributed by atoms with Gasteiger partial charge in [-0.2, -0.15) is 26.3 Å². The summed E-state index contributed by atoms with van der Waals surface area (Å²) in [5.74, 6) is -0.910. The van der Waals surface area contributed by atoms with Crippen LogP contribution in [0.2, 0.25) is 0 Å². The molecule has 0 saturated heterocycles. The van der Waals surface area contributed by atoms with E-state index >= 15 is 0 Å². The number of nitrogens with zero attached hydrogens (tertiary/aromatic N) is 1. The maximum Gasteiger partial charge on any atom is 0.417 e. The van der Waals surface area contributed by atoms with Crippen molar-refractivity contribution in [3.63, 3.8) is 0 Å². The summed E-state index contributed by atoms with van der Waals surface area (Å²) in [6.45, 7) is 0. The van der Waals surface area contributed by atoms with Gasteiger partial charge in [-0.05, 0) is 54.1 Å². The molecule has 0 spiro atoms. The second-order valence-electron chi connectivity index (χ2n) is 6.25. The van der Waals surface area contributed by atoms with E-state index in [1.165, 1.54) is 0 Å². The molecule has 1 N–H and O–H groups in total. The summed E-state index contributed by atoms with van der Waals surface area (Å²) >= 11 is 0. The fraction of sp³-hybridized carbons (Fsp3) is 0.105. The Balaban J connectivity index is 1.93. The minimum absolute atomic E-state index is 0.000484. The Hall–Kier alpha value is -3.15. The molecule has 0 amide bonds. The third-order valence-electron chi connectivity index (χ3n) is 4.09. The Labute approximate surface area is 171 Å². The molecular weight excluding hydrogens is 453 g/mol. The number of pyridine rings is 1. The minimum Gasteiger partial charge on any atom is -0.263 e. The van der Waals surface area contributed by atoms with Gasteiger partial charge in [0.25, 0.3) is 10.0 Å². The Kier molecular flexibility index (Phi) is 5.70. The Morgan fingerprint density at radius 2 is 1.45 bits per heavy atom. The summed E-state index contributed by atoms with van der Waals surface area (Å²) in [4.78, 5) is 3.45. The molecule has 12 heteroatoms. The lowest BCUT2D eigenvalue weighted by atomic mass is 9.98. The number of halogens is 7. The predicted molar refractivity (Wildman–Crippen MR) is 96.9 cm³/mol. The van der Waals surface area contributed by atoms with Gasteiger partial charge in [0.15, 0.2) is 0 Å². The highest BCUT2D eigenvalue weighted by atomic mass is 32.2. The summed E-state index contributed by atoms with van der Waals surface area (Å²) in [6, 6.07) is 7.17. The van der Waals surface area contributed by atoms with Crippen molar-refractivity contribution in [2.45, 2.75) is 17.2 Å². The van der Waals surface area contributed by atoms with E-state index in [-0.39, 0.29) is 22.3 Å². The van der Waals surface area contributed by atoms with Gasteiger partial charge in [0.05, 0.1) is 16.0 Å². The first kappa shape index (κ1) is 22.5. The molecule has 31 heavy (non-hydrogen) atoms. The molecular formula is C19H11F7N2O2S. The molecule has 0 fully saturated rings. The number of hydrogen-bond acceptors (Lipinski definition) is 3. The molecule has 1 heterocycles. The van der Waals surface area contributed by atoms with Gasteiger partial charge in [0, 0.05) is 11.8 Å². The van der Waals surface area contributed by atoms with E-state index in [2.05, 4.69) is 9.71 Å². The maximum atomic E-state index is 13.3. The Morgan fingerprint density at radius 3 is 1.97 bits per heavy atom. The van der Waals surface area contributed by atoms with Gasteiger partial charge in [0.2, 0.25) is 0 Å². The minimum atomic E-state index is -5.07. The van der Waals surface area contributed by atoms with Crippen LogP contribution in [0.4, 0.5) is 36.6 Å². The van der Waals surface area contributed by atoms with Crippen molar-refractivity contribution in [1.29, 1.82) is 0 Å². The van der Waals surface area contributed by atoms with Gasteiger partial charge in [-0.3, -0.25) is 4.72 Å². The molecule has 3 rings (SSSR count). The smallest absolute Gasteiger partial charge is 0.263 e. The molecule has 4 nitrogen and oxygen atoms in total. The highest BCUT2D eigenvalue weighted by Crippen LogP contribution is 2.40. The van der Waals surface area contributed by atoms with E-state index in [9.17, 15) is 39.2 Å². The summed E-state index contributed by atoms with van der Waals surface area (Å²) in [7, 11) is -4.15. The van der Waals surface area contributed by atoms with Crippen molar-refractivity contribution in [1.82, 2.24) is 4.98 Å². The number of benzene rings is 2. The zero-order valence-corrected chi connectivity index (χ0v) is 15.9. The fourth-order valence-corrected chi connectivity index (χ4v) is 3.64. The van der Waals surface area contributed by atoms with E-state index in [4.69, 9.17) is 0 Å². The van der Waals surface area contributed by atoms with Crippen molar-refractivity contribution in [3.05, 3.63) is 77.7 Å². The number of nitrogens with one attached hydrogen (secondary N) is 1. The summed E-state index contributed by atoms with van der Waals surface area (Å²) < 4.78 is 118. The van der Waals surface area contributed by atoms with Gasteiger partial charge in [-0.1, -0.05) is 6.07 Å². The van der Waals surface area contributed by atoms with Crippen LogP contribution in [-0.2, 0) is 22.4 Å². The van der Waals surface area contributed by atoms with Gasteiger partial charge in [0.1, 0.15) is 11.6 Å². The van der Waals surface area contributed by atoms with E-state index in [0.717, 1.165) is 42.6 Å². The molecule has 0 saturated carbocycles. The van der Waals surface area contributed by atoms with E-state index in [0.29, 0.717) is 12.1 Å². The molecule has 0 bridgehead atoms. The van der Waals surface area contributed by atoms with Crippen molar-refractivity contribution >= 4 is 15.8 Å². The lowest BCUT2D eigenvalue weighted by Crippen LogP contribution is -2.14. The first-order chi connectivity index (χ1) is 14.3. The number of anilines is 1. The van der Waals surface area contributed by atoms with Crippen molar-refractivity contribution in [2.24, 2.45) is 0 Å².